The number of carbonyl (C=O) groups is 1. The van der Waals surface area contributed by atoms with Crippen LogP contribution in [-0.2, 0) is 11.2 Å². The van der Waals surface area contributed by atoms with E-state index < -0.39 is 0 Å². The van der Waals surface area contributed by atoms with E-state index in [9.17, 15) is 4.79 Å². The van der Waals surface area contributed by atoms with Gasteiger partial charge in [-0.25, -0.2) is 15.0 Å². The first-order valence-corrected chi connectivity index (χ1v) is 6.14. The Balaban J connectivity index is 1.74. The highest BCUT2D eigenvalue weighted by atomic mass is 16.3. The number of amides is 1. The highest BCUT2D eigenvalue weighted by Gasteiger charge is 2.08. The molecule has 2 heterocycles. The lowest BCUT2D eigenvalue weighted by Crippen LogP contribution is -2.16. The van der Waals surface area contributed by atoms with Crippen molar-refractivity contribution in [2.45, 2.75) is 13.3 Å². The number of hydrogen-bond donors (Lipinski definition) is 1. The van der Waals surface area contributed by atoms with Gasteiger partial charge in [-0.05, 0) is 23.8 Å². The molecule has 0 atom stereocenters. The molecule has 0 aliphatic heterocycles. The van der Waals surface area contributed by atoms with Crippen LogP contribution in [0.2, 0.25) is 0 Å². The Bertz CT molecular complexity index is 752. The normalized spacial score (nSPS) is 10.7. The second kappa shape index (κ2) is 5.08. The van der Waals surface area contributed by atoms with Gasteiger partial charge < -0.3 is 4.42 Å². The first-order valence-electron chi connectivity index (χ1n) is 6.14. The minimum absolute atomic E-state index is 0.174. The summed E-state index contributed by atoms with van der Waals surface area (Å²) in [5.41, 5.74) is 2.32. The molecule has 3 aromatic rings. The summed E-state index contributed by atoms with van der Waals surface area (Å²) in [6.45, 7) is 1.79. The second-order valence-corrected chi connectivity index (χ2v) is 4.33. The van der Waals surface area contributed by atoms with Crippen molar-refractivity contribution in [3.05, 3.63) is 48.1 Å². The number of nitrogens with one attached hydrogen (secondary N) is 1. The van der Waals surface area contributed by atoms with Gasteiger partial charge in [0.2, 0.25) is 11.9 Å². The third-order valence-electron chi connectivity index (χ3n) is 2.74. The molecule has 100 valence electrons. The molecule has 0 radical (unpaired) electrons. The van der Waals surface area contributed by atoms with Crippen molar-refractivity contribution in [2.24, 2.45) is 0 Å². The largest absolute Gasteiger partial charge is 0.441 e. The molecule has 0 saturated carbocycles. The van der Waals surface area contributed by atoms with Crippen LogP contribution < -0.4 is 5.32 Å². The summed E-state index contributed by atoms with van der Waals surface area (Å²) in [5.74, 6) is 0.736. The molecule has 1 N–H and O–H groups in total. The molecule has 0 aliphatic rings. The fourth-order valence-electron chi connectivity index (χ4n) is 1.91. The average Bonchev–Trinajstić information content (AvgIpc) is 2.79. The maximum Gasteiger partial charge on any atom is 0.231 e. The summed E-state index contributed by atoms with van der Waals surface area (Å²) in [5, 5.41) is 2.64. The Labute approximate surface area is 114 Å². The fraction of sp³-hybridized carbons (Fsp3) is 0.143. The van der Waals surface area contributed by atoms with E-state index in [2.05, 4.69) is 20.3 Å². The highest BCUT2D eigenvalue weighted by Crippen LogP contribution is 2.17. The highest BCUT2D eigenvalue weighted by molar-refractivity contribution is 5.91. The van der Waals surface area contributed by atoms with Gasteiger partial charge in [0.05, 0.1) is 6.42 Å². The Morgan fingerprint density at radius 3 is 2.90 bits per heavy atom. The van der Waals surface area contributed by atoms with Crippen LogP contribution in [0.15, 0.2) is 41.1 Å². The van der Waals surface area contributed by atoms with Gasteiger partial charge in [-0.1, -0.05) is 6.07 Å². The number of carbonyl (C=O) groups excluding carboxylic acids is 1. The van der Waals surface area contributed by atoms with Crippen LogP contribution in [0.1, 0.15) is 11.5 Å². The average molecular weight is 268 g/mol. The number of fused-ring (bicyclic) bond motifs is 1. The van der Waals surface area contributed by atoms with Crippen molar-refractivity contribution in [3.8, 4) is 0 Å². The summed E-state index contributed by atoms with van der Waals surface area (Å²) >= 11 is 0. The molecule has 6 heteroatoms. The maximum absolute atomic E-state index is 11.9. The van der Waals surface area contributed by atoms with Crippen LogP contribution in [0.4, 0.5) is 5.95 Å². The molecule has 0 unspecified atom stereocenters. The molecule has 20 heavy (non-hydrogen) atoms. The van der Waals surface area contributed by atoms with Gasteiger partial charge in [0.25, 0.3) is 0 Å². The van der Waals surface area contributed by atoms with E-state index in [1.165, 1.54) is 0 Å². The second-order valence-electron chi connectivity index (χ2n) is 4.33. The lowest BCUT2D eigenvalue weighted by molar-refractivity contribution is -0.115. The third kappa shape index (κ3) is 2.64. The lowest BCUT2D eigenvalue weighted by atomic mass is 10.1. The predicted octanol–water partition coefficient (Wildman–Crippen LogP) is 2.11. The van der Waals surface area contributed by atoms with Gasteiger partial charge in [0.15, 0.2) is 11.5 Å². The Morgan fingerprint density at radius 1 is 1.30 bits per heavy atom. The zero-order valence-corrected chi connectivity index (χ0v) is 10.8. The molecular formula is C14H12N4O2. The summed E-state index contributed by atoms with van der Waals surface area (Å²) in [7, 11) is 0. The summed E-state index contributed by atoms with van der Waals surface area (Å²) < 4.78 is 5.44. The Kier molecular flexibility index (Phi) is 3.12. The van der Waals surface area contributed by atoms with Gasteiger partial charge in [-0.15, -0.1) is 0 Å². The number of oxazole rings is 1. The first-order chi connectivity index (χ1) is 9.70. The zero-order chi connectivity index (χ0) is 13.9. The number of nitrogens with zero attached hydrogens (tertiary/aromatic N) is 3. The number of rotatable bonds is 3. The molecular weight excluding hydrogens is 256 g/mol. The lowest BCUT2D eigenvalue weighted by Gasteiger charge is -2.03. The van der Waals surface area contributed by atoms with Crippen LogP contribution in [0.3, 0.4) is 0 Å². The van der Waals surface area contributed by atoms with Gasteiger partial charge in [0.1, 0.15) is 5.52 Å². The van der Waals surface area contributed by atoms with E-state index in [4.69, 9.17) is 4.42 Å². The first kappa shape index (κ1) is 12.3. The topological polar surface area (TPSA) is 80.9 Å². The molecule has 0 aliphatic carbocycles. The number of aryl methyl sites for hydroxylation is 1. The van der Waals surface area contributed by atoms with Crippen LogP contribution >= 0.6 is 0 Å². The molecule has 0 spiro atoms. The molecule has 2 aromatic heterocycles. The minimum atomic E-state index is -0.174. The standard InChI is InChI=1S/C14H12N4O2/c1-9-17-11-4-3-10(7-12(11)20-9)8-13(19)18-14-15-5-2-6-16-14/h2-7H,8H2,1H3,(H,15,16,18,19). The van der Waals surface area contributed by atoms with Crippen LogP contribution in [0.5, 0.6) is 0 Å². The molecule has 0 fully saturated rings. The monoisotopic (exact) mass is 268 g/mol. The number of aromatic nitrogens is 3. The van der Waals surface area contributed by atoms with Gasteiger partial charge >= 0.3 is 0 Å². The van der Waals surface area contributed by atoms with E-state index >= 15 is 0 Å². The molecule has 3 rings (SSSR count). The van der Waals surface area contributed by atoms with Gasteiger partial charge in [-0.2, -0.15) is 0 Å². The van der Waals surface area contributed by atoms with Crippen molar-refractivity contribution >= 4 is 23.0 Å². The van der Waals surface area contributed by atoms with Crippen molar-refractivity contribution < 1.29 is 9.21 Å². The Hall–Kier alpha value is -2.76. The van der Waals surface area contributed by atoms with Crippen molar-refractivity contribution in [2.75, 3.05) is 5.32 Å². The quantitative estimate of drug-likeness (QED) is 0.786. The number of hydrogen-bond acceptors (Lipinski definition) is 5. The Morgan fingerprint density at radius 2 is 2.10 bits per heavy atom. The predicted molar refractivity (Wildman–Crippen MR) is 73.1 cm³/mol. The molecule has 6 nitrogen and oxygen atoms in total. The van der Waals surface area contributed by atoms with Crippen molar-refractivity contribution in [1.29, 1.82) is 0 Å². The smallest absolute Gasteiger partial charge is 0.231 e. The maximum atomic E-state index is 11.9. The molecule has 1 aromatic carbocycles. The SMILES string of the molecule is Cc1nc2ccc(CC(=O)Nc3ncccn3)cc2o1. The van der Waals surface area contributed by atoms with E-state index in [1.807, 2.05) is 18.2 Å². The van der Waals surface area contributed by atoms with Gasteiger partial charge in [0, 0.05) is 19.3 Å². The van der Waals surface area contributed by atoms with E-state index in [-0.39, 0.29) is 12.3 Å². The van der Waals surface area contributed by atoms with Crippen molar-refractivity contribution in [3.63, 3.8) is 0 Å². The summed E-state index contributed by atoms with van der Waals surface area (Å²) in [6.07, 6.45) is 3.38. The number of benzene rings is 1. The van der Waals surface area contributed by atoms with E-state index in [1.54, 1.807) is 25.4 Å². The third-order valence-corrected chi connectivity index (χ3v) is 2.74. The van der Waals surface area contributed by atoms with E-state index in [0.29, 0.717) is 17.4 Å². The molecule has 1 amide bonds. The number of anilines is 1. The summed E-state index contributed by atoms with van der Waals surface area (Å²) in [4.78, 5) is 24.0. The fourth-order valence-corrected chi connectivity index (χ4v) is 1.91. The van der Waals surface area contributed by atoms with Crippen LogP contribution in [0.25, 0.3) is 11.1 Å². The summed E-state index contributed by atoms with van der Waals surface area (Å²) in [6, 6.07) is 7.21. The van der Waals surface area contributed by atoms with Gasteiger partial charge in [-0.3, -0.25) is 10.1 Å². The minimum Gasteiger partial charge on any atom is -0.441 e. The molecule has 0 saturated heterocycles. The van der Waals surface area contributed by atoms with Crippen LogP contribution in [-0.4, -0.2) is 20.9 Å². The van der Waals surface area contributed by atoms with Crippen LogP contribution in [0, 0.1) is 6.92 Å². The zero-order valence-electron chi connectivity index (χ0n) is 10.8. The molecule has 0 bridgehead atoms. The van der Waals surface area contributed by atoms with E-state index in [0.717, 1.165) is 11.1 Å². The van der Waals surface area contributed by atoms with Crippen molar-refractivity contribution in [1.82, 2.24) is 15.0 Å².